The van der Waals surface area contributed by atoms with Crippen LogP contribution in [0.15, 0.2) is 72.8 Å². The fourth-order valence-corrected chi connectivity index (χ4v) is 3.36. The molecule has 1 amide bonds. The minimum Gasteiger partial charge on any atom is -0.460 e. The molecule has 1 aliphatic rings. The summed E-state index contributed by atoms with van der Waals surface area (Å²) in [4.78, 5) is 24.7. The first-order chi connectivity index (χ1) is 15.5. The van der Waals surface area contributed by atoms with E-state index in [1.165, 1.54) is 19.1 Å². The van der Waals surface area contributed by atoms with Crippen molar-refractivity contribution in [3.8, 4) is 5.75 Å². The zero-order chi connectivity index (χ0) is 22.5. The Kier molecular flexibility index (Phi) is 6.47. The largest absolute Gasteiger partial charge is 0.460 e. The van der Waals surface area contributed by atoms with Crippen molar-refractivity contribution >= 4 is 11.9 Å². The summed E-state index contributed by atoms with van der Waals surface area (Å²) in [6.07, 6.45) is -0.646. The van der Waals surface area contributed by atoms with Crippen LogP contribution in [0.25, 0.3) is 0 Å². The lowest BCUT2D eigenvalue weighted by molar-refractivity contribution is -0.147. The van der Waals surface area contributed by atoms with Crippen LogP contribution in [0.5, 0.6) is 5.75 Å². The summed E-state index contributed by atoms with van der Waals surface area (Å²) in [6.45, 7) is 1.49. The van der Waals surface area contributed by atoms with Crippen LogP contribution in [0.4, 0.5) is 4.39 Å². The predicted molar refractivity (Wildman–Crippen MR) is 114 cm³/mol. The number of ether oxygens (including phenoxy) is 3. The van der Waals surface area contributed by atoms with E-state index >= 15 is 0 Å². The molecular weight excluding hydrogens is 413 g/mol. The van der Waals surface area contributed by atoms with Crippen molar-refractivity contribution in [1.82, 2.24) is 5.32 Å². The molecule has 0 saturated heterocycles. The summed E-state index contributed by atoms with van der Waals surface area (Å²) in [7, 11) is 0. The molecule has 0 spiro atoms. The molecule has 2 atom stereocenters. The molecule has 0 fully saturated rings. The minimum atomic E-state index is -0.881. The van der Waals surface area contributed by atoms with Crippen LogP contribution < -0.4 is 10.1 Å². The number of carbonyl (C=O) groups is 2. The molecule has 3 aromatic carbocycles. The van der Waals surface area contributed by atoms with Crippen molar-refractivity contribution in [1.29, 1.82) is 0 Å². The zero-order valence-electron chi connectivity index (χ0n) is 17.4. The van der Waals surface area contributed by atoms with E-state index in [-0.39, 0.29) is 19.1 Å². The van der Waals surface area contributed by atoms with Gasteiger partial charge in [-0.3, -0.25) is 4.79 Å². The molecule has 32 heavy (non-hydrogen) atoms. The molecule has 3 aromatic rings. The van der Waals surface area contributed by atoms with Crippen LogP contribution in [-0.4, -0.2) is 17.9 Å². The lowest BCUT2D eigenvalue weighted by Gasteiger charge is -2.28. The normalized spacial score (nSPS) is 15.8. The number of fused-ring (bicyclic) bond motifs is 1. The van der Waals surface area contributed by atoms with Gasteiger partial charge in [0.1, 0.15) is 24.2 Å². The zero-order valence-corrected chi connectivity index (χ0v) is 17.4. The molecule has 1 N–H and O–H groups in total. The SMILES string of the molecule is CC(NC(=O)c1ccccc1)C(=O)OCc1cc(F)cc2c1OC(c1ccccc1)OC2. The van der Waals surface area contributed by atoms with E-state index in [9.17, 15) is 14.0 Å². The number of hydrogen-bond acceptors (Lipinski definition) is 5. The number of rotatable bonds is 6. The number of carbonyl (C=O) groups excluding carboxylic acids is 2. The Morgan fingerprint density at radius 2 is 1.78 bits per heavy atom. The van der Waals surface area contributed by atoms with Gasteiger partial charge in [0.2, 0.25) is 6.29 Å². The van der Waals surface area contributed by atoms with Crippen molar-refractivity contribution in [2.45, 2.75) is 32.5 Å². The van der Waals surface area contributed by atoms with Crippen molar-refractivity contribution in [3.63, 3.8) is 0 Å². The summed E-state index contributed by atoms with van der Waals surface area (Å²) < 4.78 is 31.1. The number of halogens is 1. The van der Waals surface area contributed by atoms with Gasteiger partial charge in [0, 0.05) is 22.3 Å². The molecule has 1 aliphatic heterocycles. The average molecular weight is 435 g/mol. The third kappa shape index (κ3) is 4.95. The van der Waals surface area contributed by atoms with E-state index in [2.05, 4.69) is 5.32 Å². The molecule has 4 rings (SSSR count). The maximum Gasteiger partial charge on any atom is 0.328 e. The lowest BCUT2D eigenvalue weighted by Crippen LogP contribution is -2.39. The highest BCUT2D eigenvalue weighted by Crippen LogP contribution is 2.36. The van der Waals surface area contributed by atoms with Crippen LogP contribution >= 0.6 is 0 Å². The highest BCUT2D eigenvalue weighted by atomic mass is 19.1. The molecule has 1 heterocycles. The van der Waals surface area contributed by atoms with Gasteiger partial charge in [0.15, 0.2) is 0 Å². The summed E-state index contributed by atoms with van der Waals surface area (Å²) in [6, 6.07) is 19.7. The summed E-state index contributed by atoms with van der Waals surface area (Å²) in [5.41, 5.74) is 2.18. The van der Waals surface area contributed by atoms with Gasteiger partial charge >= 0.3 is 5.97 Å². The highest BCUT2D eigenvalue weighted by molar-refractivity contribution is 5.96. The Labute approximate surface area is 184 Å². The van der Waals surface area contributed by atoms with Crippen LogP contribution in [-0.2, 0) is 27.5 Å². The van der Waals surface area contributed by atoms with E-state index < -0.39 is 24.1 Å². The Bertz CT molecular complexity index is 1100. The van der Waals surface area contributed by atoms with Gasteiger partial charge in [0.05, 0.1) is 6.61 Å². The summed E-state index contributed by atoms with van der Waals surface area (Å²) in [5, 5.41) is 2.60. The van der Waals surface area contributed by atoms with Gasteiger partial charge in [-0.15, -0.1) is 0 Å². The third-order valence-corrected chi connectivity index (χ3v) is 5.00. The number of esters is 1. The first kappa shape index (κ1) is 21.5. The summed E-state index contributed by atoms with van der Waals surface area (Å²) in [5.74, 6) is -1.07. The molecule has 7 heteroatoms. The van der Waals surface area contributed by atoms with Gasteiger partial charge in [-0.25, -0.2) is 9.18 Å². The Balaban J connectivity index is 1.43. The molecule has 164 valence electrons. The van der Waals surface area contributed by atoms with E-state index in [0.717, 1.165) is 5.56 Å². The molecule has 6 nitrogen and oxygen atoms in total. The van der Waals surface area contributed by atoms with Crippen molar-refractivity contribution in [2.24, 2.45) is 0 Å². The maximum absolute atomic E-state index is 14.1. The van der Waals surface area contributed by atoms with Crippen molar-refractivity contribution in [2.75, 3.05) is 0 Å². The van der Waals surface area contributed by atoms with Gasteiger partial charge in [-0.2, -0.15) is 0 Å². The fraction of sp³-hybridized carbons (Fsp3) is 0.200. The Morgan fingerprint density at radius 1 is 1.09 bits per heavy atom. The van der Waals surface area contributed by atoms with Crippen molar-refractivity contribution < 1.29 is 28.2 Å². The van der Waals surface area contributed by atoms with Crippen LogP contribution in [0.2, 0.25) is 0 Å². The van der Waals surface area contributed by atoms with E-state index in [0.29, 0.717) is 22.4 Å². The molecule has 0 bridgehead atoms. The molecule has 0 saturated carbocycles. The summed E-state index contributed by atoms with van der Waals surface area (Å²) >= 11 is 0. The number of hydrogen-bond donors (Lipinski definition) is 1. The molecule has 2 unspecified atom stereocenters. The van der Waals surface area contributed by atoms with Crippen LogP contribution in [0.1, 0.15) is 40.3 Å². The van der Waals surface area contributed by atoms with Crippen LogP contribution in [0, 0.1) is 5.82 Å². The standard InChI is InChI=1S/C25H22FNO5/c1-16(27-23(28)17-8-4-2-5-9-17)24(29)30-14-19-12-21(26)13-20-15-31-25(32-22(19)20)18-10-6-3-7-11-18/h2-13,16,25H,14-15H2,1H3,(H,27,28). The number of amides is 1. The topological polar surface area (TPSA) is 73.9 Å². The van der Waals surface area contributed by atoms with Crippen molar-refractivity contribution in [3.05, 3.63) is 101 Å². The Morgan fingerprint density at radius 3 is 2.50 bits per heavy atom. The predicted octanol–water partition coefficient (Wildman–Crippen LogP) is 4.30. The molecule has 0 aliphatic carbocycles. The maximum atomic E-state index is 14.1. The monoisotopic (exact) mass is 435 g/mol. The highest BCUT2D eigenvalue weighted by Gasteiger charge is 2.26. The van der Waals surface area contributed by atoms with E-state index in [4.69, 9.17) is 14.2 Å². The number of nitrogens with one attached hydrogen (secondary N) is 1. The van der Waals surface area contributed by atoms with Gasteiger partial charge in [-0.1, -0.05) is 48.5 Å². The van der Waals surface area contributed by atoms with Gasteiger partial charge < -0.3 is 19.5 Å². The molecular formula is C25H22FNO5. The van der Waals surface area contributed by atoms with E-state index in [1.54, 1.807) is 30.3 Å². The molecule has 0 radical (unpaired) electrons. The number of benzene rings is 3. The third-order valence-electron chi connectivity index (χ3n) is 5.00. The van der Waals surface area contributed by atoms with Gasteiger partial charge in [0.25, 0.3) is 5.91 Å². The first-order valence-electron chi connectivity index (χ1n) is 10.2. The second-order valence-corrected chi connectivity index (χ2v) is 7.39. The smallest absolute Gasteiger partial charge is 0.328 e. The van der Waals surface area contributed by atoms with Crippen LogP contribution in [0.3, 0.4) is 0 Å². The Hall–Kier alpha value is -3.71. The van der Waals surface area contributed by atoms with Gasteiger partial charge in [-0.05, 0) is 31.2 Å². The quantitative estimate of drug-likeness (QED) is 0.585. The average Bonchev–Trinajstić information content (AvgIpc) is 2.83. The van der Waals surface area contributed by atoms with E-state index in [1.807, 2.05) is 30.3 Å². The lowest BCUT2D eigenvalue weighted by atomic mass is 10.1. The second kappa shape index (κ2) is 9.62. The second-order valence-electron chi connectivity index (χ2n) is 7.39. The first-order valence-corrected chi connectivity index (χ1v) is 10.2. The molecule has 0 aromatic heterocycles. The minimum absolute atomic E-state index is 0.164. The fourth-order valence-electron chi connectivity index (χ4n) is 3.36.